The van der Waals surface area contributed by atoms with Gasteiger partial charge in [-0.3, -0.25) is 9.67 Å². The van der Waals surface area contributed by atoms with Gasteiger partial charge in [0.25, 0.3) is 0 Å². The van der Waals surface area contributed by atoms with Crippen molar-refractivity contribution < 1.29 is 0 Å². The lowest BCUT2D eigenvalue weighted by Crippen LogP contribution is -2.05. The molecule has 2 aromatic heterocycles. The van der Waals surface area contributed by atoms with Gasteiger partial charge in [0, 0.05) is 23.0 Å². The topological polar surface area (TPSA) is 56.7 Å². The minimum atomic E-state index is 0.717. The predicted molar refractivity (Wildman–Crippen MR) is 81.7 cm³/mol. The second kappa shape index (κ2) is 4.63. The van der Waals surface area contributed by atoms with E-state index in [-0.39, 0.29) is 0 Å². The maximum absolute atomic E-state index is 6.01. The minimum Gasteiger partial charge on any atom is -0.398 e. The highest BCUT2D eigenvalue weighted by Crippen LogP contribution is 2.24. The van der Waals surface area contributed by atoms with Crippen molar-refractivity contribution in [2.45, 2.75) is 27.3 Å². The van der Waals surface area contributed by atoms with Crippen molar-refractivity contribution in [1.29, 1.82) is 0 Å². The van der Waals surface area contributed by atoms with Crippen molar-refractivity contribution in [2.75, 3.05) is 5.73 Å². The van der Waals surface area contributed by atoms with E-state index in [1.165, 1.54) is 11.3 Å². The third kappa shape index (κ3) is 1.93. The van der Waals surface area contributed by atoms with Crippen molar-refractivity contribution in [1.82, 2.24) is 14.8 Å². The Morgan fingerprint density at radius 2 is 1.95 bits per heavy atom. The van der Waals surface area contributed by atoms with Crippen LogP contribution in [0, 0.1) is 20.8 Å². The largest absolute Gasteiger partial charge is 0.398 e. The number of benzene rings is 1. The Hall–Kier alpha value is -2.36. The lowest BCUT2D eigenvalue weighted by molar-refractivity contribution is 0.661. The van der Waals surface area contributed by atoms with Gasteiger partial charge in [0.15, 0.2) is 0 Å². The molecule has 0 amide bonds. The number of fused-ring (bicyclic) bond motifs is 1. The zero-order chi connectivity index (χ0) is 14.3. The normalized spacial score (nSPS) is 11.2. The van der Waals surface area contributed by atoms with Gasteiger partial charge in [-0.25, -0.2) is 0 Å². The summed E-state index contributed by atoms with van der Waals surface area (Å²) in [5.74, 6) is 0. The van der Waals surface area contributed by atoms with E-state index in [0.717, 1.165) is 27.8 Å². The number of aryl methyl sites for hydroxylation is 1. The Labute approximate surface area is 118 Å². The van der Waals surface area contributed by atoms with E-state index in [0.29, 0.717) is 6.54 Å². The Morgan fingerprint density at radius 1 is 1.15 bits per heavy atom. The van der Waals surface area contributed by atoms with Crippen molar-refractivity contribution in [3.63, 3.8) is 0 Å². The Morgan fingerprint density at radius 3 is 2.65 bits per heavy atom. The molecule has 0 aliphatic heterocycles. The van der Waals surface area contributed by atoms with Crippen LogP contribution in [0.1, 0.15) is 22.5 Å². The molecule has 0 unspecified atom stereocenters. The average Bonchev–Trinajstić information content (AvgIpc) is 2.70. The third-order valence-electron chi connectivity index (χ3n) is 3.95. The molecule has 0 saturated carbocycles. The zero-order valence-electron chi connectivity index (χ0n) is 12.0. The number of nitrogens with zero attached hydrogens (tertiary/aromatic N) is 3. The van der Waals surface area contributed by atoms with Gasteiger partial charge in [0.1, 0.15) is 0 Å². The van der Waals surface area contributed by atoms with Gasteiger partial charge in [-0.1, -0.05) is 6.07 Å². The summed E-state index contributed by atoms with van der Waals surface area (Å²) in [5, 5.41) is 5.59. The average molecular weight is 266 g/mol. The zero-order valence-corrected chi connectivity index (χ0v) is 12.0. The molecule has 3 aromatic rings. The molecule has 20 heavy (non-hydrogen) atoms. The number of hydrogen-bond acceptors (Lipinski definition) is 3. The second-order valence-corrected chi connectivity index (χ2v) is 5.17. The van der Waals surface area contributed by atoms with E-state index in [1.807, 2.05) is 35.9 Å². The molecule has 0 aliphatic rings. The molecule has 4 heteroatoms. The highest BCUT2D eigenvalue weighted by Gasteiger charge is 2.10. The number of hydrogen-bond donors (Lipinski definition) is 1. The van der Waals surface area contributed by atoms with Gasteiger partial charge in [0.05, 0.1) is 17.8 Å². The van der Waals surface area contributed by atoms with Gasteiger partial charge >= 0.3 is 0 Å². The summed E-state index contributed by atoms with van der Waals surface area (Å²) in [6, 6.07) is 7.90. The summed E-state index contributed by atoms with van der Waals surface area (Å²) >= 11 is 0. The van der Waals surface area contributed by atoms with Gasteiger partial charge < -0.3 is 5.73 Å². The minimum absolute atomic E-state index is 0.717. The molecular weight excluding hydrogens is 248 g/mol. The molecular formula is C16H18N4. The second-order valence-electron chi connectivity index (χ2n) is 5.17. The van der Waals surface area contributed by atoms with E-state index in [1.54, 1.807) is 6.20 Å². The molecule has 0 fully saturated rings. The molecule has 2 heterocycles. The van der Waals surface area contributed by atoms with E-state index >= 15 is 0 Å². The fourth-order valence-electron chi connectivity index (χ4n) is 2.48. The predicted octanol–water partition coefficient (Wildman–Crippen LogP) is 2.99. The number of nitrogen functional groups attached to an aromatic ring is 1. The first-order valence-electron chi connectivity index (χ1n) is 6.70. The summed E-state index contributed by atoms with van der Waals surface area (Å²) in [6.45, 7) is 6.96. The van der Waals surface area contributed by atoms with Gasteiger partial charge in [0.2, 0.25) is 0 Å². The molecule has 0 radical (unpaired) electrons. The number of anilines is 1. The SMILES string of the molecule is Cc1nn(Cc2ccc(N)c3cccnc23)c(C)c1C. The van der Waals surface area contributed by atoms with Gasteiger partial charge in [-0.2, -0.15) is 5.10 Å². The molecule has 0 aliphatic carbocycles. The van der Waals surface area contributed by atoms with Crippen LogP contribution in [0.4, 0.5) is 5.69 Å². The number of rotatable bonds is 2. The first-order chi connectivity index (χ1) is 9.58. The first-order valence-corrected chi connectivity index (χ1v) is 6.70. The first kappa shape index (κ1) is 12.7. The standard InChI is InChI=1S/C16H18N4/c1-10-11(2)19-20(12(10)3)9-13-6-7-15(17)14-5-4-8-18-16(13)14/h4-8H,9,17H2,1-3H3. The molecule has 1 aromatic carbocycles. The molecule has 2 N–H and O–H groups in total. The summed E-state index contributed by atoms with van der Waals surface area (Å²) in [4.78, 5) is 4.48. The van der Waals surface area contributed by atoms with Crippen LogP contribution in [0.5, 0.6) is 0 Å². The van der Waals surface area contributed by atoms with Crippen LogP contribution in [-0.2, 0) is 6.54 Å². The van der Waals surface area contributed by atoms with Crippen LogP contribution in [0.2, 0.25) is 0 Å². The summed E-state index contributed by atoms with van der Waals surface area (Å²) in [5.41, 5.74) is 12.4. The van der Waals surface area contributed by atoms with Crippen molar-refractivity contribution >= 4 is 16.6 Å². The fraction of sp³-hybridized carbons (Fsp3) is 0.250. The summed E-state index contributed by atoms with van der Waals surface area (Å²) in [7, 11) is 0. The molecule has 3 rings (SSSR count). The summed E-state index contributed by atoms with van der Waals surface area (Å²) < 4.78 is 2.03. The van der Waals surface area contributed by atoms with Gasteiger partial charge in [-0.15, -0.1) is 0 Å². The van der Waals surface area contributed by atoms with Crippen LogP contribution >= 0.6 is 0 Å². The Kier molecular flexibility index (Phi) is 2.93. The maximum atomic E-state index is 6.01. The van der Waals surface area contributed by atoms with Gasteiger partial charge in [-0.05, 0) is 50.1 Å². The fourth-order valence-corrected chi connectivity index (χ4v) is 2.48. The summed E-state index contributed by atoms with van der Waals surface area (Å²) in [6.07, 6.45) is 1.80. The molecule has 0 spiro atoms. The number of aromatic nitrogens is 3. The Bertz CT molecular complexity index is 787. The highest BCUT2D eigenvalue weighted by atomic mass is 15.3. The van der Waals surface area contributed by atoms with Crippen LogP contribution in [-0.4, -0.2) is 14.8 Å². The van der Waals surface area contributed by atoms with Crippen LogP contribution < -0.4 is 5.73 Å². The monoisotopic (exact) mass is 266 g/mol. The maximum Gasteiger partial charge on any atom is 0.0773 e. The smallest absolute Gasteiger partial charge is 0.0773 e. The molecule has 4 nitrogen and oxygen atoms in total. The highest BCUT2D eigenvalue weighted by molar-refractivity contribution is 5.92. The van der Waals surface area contributed by atoms with Crippen LogP contribution in [0.3, 0.4) is 0 Å². The Balaban J connectivity index is 2.11. The van der Waals surface area contributed by atoms with Crippen molar-refractivity contribution in [3.05, 3.63) is 53.0 Å². The quantitative estimate of drug-likeness (QED) is 0.725. The van der Waals surface area contributed by atoms with Crippen LogP contribution in [0.15, 0.2) is 30.5 Å². The molecule has 0 atom stereocenters. The lowest BCUT2D eigenvalue weighted by Gasteiger charge is -2.09. The molecule has 0 saturated heterocycles. The van der Waals surface area contributed by atoms with Crippen LogP contribution in [0.25, 0.3) is 10.9 Å². The van der Waals surface area contributed by atoms with E-state index in [2.05, 4.69) is 23.9 Å². The van der Waals surface area contributed by atoms with Crippen molar-refractivity contribution in [3.8, 4) is 0 Å². The number of nitrogens with two attached hydrogens (primary N) is 1. The van der Waals surface area contributed by atoms with E-state index in [4.69, 9.17) is 5.73 Å². The van der Waals surface area contributed by atoms with E-state index < -0.39 is 0 Å². The lowest BCUT2D eigenvalue weighted by atomic mass is 10.1. The molecule has 0 bridgehead atoms. The number of pyridine rings is 1. The van der Waals surface area contributed by atoms with Crippen molar-refractivity contribution in [2.24, 2.45) is 0 Å². The molecule has 102 valence electrons. The van der Waals surface area contributed by atoms with E-state index in [9.17, 15) is 0 Å². The third-order valence-corrected chi connectivity index (χ3v) is 3.95.